The number of esters is 1. The van der Waals surface area contributed by atoms with E-state index in [1.54, 1.807) is 6.92 Å². The number of ether oxygens (including phenoxy) is 1. The Morgan fingerprint density at radius 2 is 1.82 bits per heavy atom. The van der Waals surface area contributed by atoms with Crippen molar-refractivity contribution in [3.05, 3.63) is 59.7 Å². The van der Waals surface area contributed by atoms with Gasteiger partial charge in [0.1, 0.15) is 11.5 Å². The lowest BCUT2D eigenvalue weighted by molar-refractivity contribution is -0.130. The molecule has 3 nitrogen and oxygen atoms in total. The molecule has 22 heavy (non-hydrogen) atoms. The number of rotatable bonds is 2. The number of aromatic hydroxyl groups is 1. The summed E-state index contributed by atoms with van der Waals surface area (Å²) in [5.74, 6) is 0.894. The molecule has 4 rings (SSSR count). The molecule has 0 aromatic heterocycles. The number of allylic oxidation sites excluding steroid dienone is 2. The Bertz CT molecular complexity index is 861. The van der Waals surface area contributed by atoms with Crippen molar-refractivity contribution in [3.63, 3.8) is 0 Å². The van der Waals surface area contributed by atoms with Crippen LogP contribution in [0.25, 0.3) is 10.8 Å². The van der Waals surface area contributed by atoms with Crippen LogP contribution in [0.15, 0.2) is 48.6 Å². The van der Waals surface area contributed by atoms with Crippen molar-refractivity contribution in [2.45, 2.75) is 25.2 Å². The Kier molecular flexibility index (Phi) is 2.67. The summed E-state index contributed by atoms with van der Waals surface area (Å²) < 4.78 is 5.66. The van der Waals surface area contributed by atoms with Crippen LogP contribution in [0, 0.1) is 0 Å². The lowest BCUT2D eigenvalue weighted by atomic mass is 9.91. The number of benzene rings is 2. The summed E-state index contributed by atoms with van der Waals surface area (Å²) in [5.41, 5.74) is 2.23. The van der Waals surface area contributed by atoms with Crippen molar-refractivity contribution >= 4 is 16.7 Å². The van der Waals surface area contributed by atoms with Gasteiger partial charge in [-0.2, -0.15) is 0 Å². The minimum absolute atomic E-state index is 0.212. The molecule has 2 atom stereocenters. The molecule has 0 heterocycles. The number of carbonyl (C=O) groups excluding carboxylic acids is 1. The molecule has 2 aromatic rings. The maximum Gasteiger partial charge on any atom is 0.338 e. The predicted molar refractivity (Wildman–Crippen MR) is 85.3 cm³/mol. The summed E-state index contributed by atoms with van der Waals surface area (Å²) in [6, 6.07) is 7.50. The molecule has 0 spiro atoms. The van der Waals surface area contributed by atoms with Crippen molar-refractivity contribution in [1.29, 1.82) is 0 Å². The van der Waals surface area contributed by atoms with E-state index in [0.29, 0.717) is 17.1 Å². The van der Waals surface area contributed by atoms with E-state index in [0.717, 1.165) is 28.3 Å². The standard InChI is InChI=1S/C19H16O3/c1-10(2)19(21)22-18-14-6-4-3-5-13(14)17(20)15-11-7-8-12(9-11)16(15)18/h3-8,11-12,20H,1,9H2,2H3. The zero-order valence-corrected chi connectivity index (χ0v) is 12.3. The number of phenolic OH excluding ortho intramolecular Hbond substituents is 1. The molecule has 110 valence electrons. The van der Waals surface area contributed by atoms with E-state index in [2.05, 4.69) is 18.7 Å². The van der Waals surface area contributed by atoms with Crippen LogP contribution in [0.1, 0.15) is 36.3 Å². The van der Waals surface area contributed by atoms with Gasteiger partial charge in [-0.25, -0.2) is 4.79 Å². The van der Waals surface area contributed by atoms with E-state index in [-0.39, 0.29) is 11.8 Å². The topological polar surface area (TPSA) is 46.5 Å². The first-order valence-corrected chi connectivity index (χ1v) is 7.41. The Morgan fingerprint density at radius 3 is 2.50 bits per heavy atom. The maximum atomic E-state index is 12.0. The van der Waals surface area contributed by atoms with Gasteiger partial charge >= 0.3 is 5.97 Å². The highest BCUT2D eigenvalue weighted by atomic mass is 16.5. The molecular formula is C19H16O3. The second kappa shape index (κ2) is 4.47. The summed E-state index contributed by atoms with van der Waals surface area (Å²) >= 11 is 0. The third-order valence-electron chi connectivity index (χ3n) is 4.59. The molecule has 0 saturated carbocycles. The Hall–Kier alpha value is -2.55. The third-order valence-corrected chi connectivity index (χ3v) is 4.59. The van der Waals surface area contributed by atoms with Gasteiger partial charge in [0.25, 0.3) is 0 Å². The fourth-order valence-corrected chi connectivity index (χ4v) is 3.59. The second-order valence-corrected chi connectivity index (χ2v) is 6.05. The molecule has 0 radical (unpaired) electrons. The lowest BCUT2D eigenvalue weighted by Crippen LogP contribution is -2.11. The fraction of sp³-hybridized carbons (Fsp3) is 0.211. The van der Waals surface area contributed by atoms with Gasteiger partial charge in [-0.05, 0) is 13.3 Å². The molecular weight excluding hydrogens is 276 g/mol. The first kappa shape index (κ1) is 13.1. The summed E-state index contributed by atoms with van der Waals surface area (Å²) in [4.78, 5) is 12.0. The van der Waals surface area contributed by atoms with Crippen LogP contribution in [-0.4, -0.2) is 11.1 Å². The SMILES string of the molecule is C=C(C)C(=O)Oc1c2c(c(O)c3ccccc13)C1C=CC2C1. The smallest absolute Gasteiger partial charge is 0.338 e. The number of fused-ring (bicyclic) bond motifs is 6. The number of hydrogen-bond donors (Lipinski definition) is 1. The van der Waals surface area contributed by atoms with E-state index in [1.807, 2.05) is 24.3 Å². The average molecular weight is 292 g/mol. The van der Waals surface area contributed by atoms with Crippen LogP contribution >= 0.6 is 0 Å². The lowest BCUT2D eigenvalue weighted by Gasteiger charge is -2.20. The third kappa shape index (κ3) is 1.65. The van der Waals surface area contributed by atoms with E-state index >= 15 is 0 Å². The summed E-state index contributed by atoms with van der Waals surface area (Å²) in [5, 5.41) is 12.2. The van der Waals surface area contributed by atoms with Crippen molar-refractivity contribution < 1.29 is 14.6 Å². The highest BCUT2D eigenvalue weighted by Gasteiger charge is 2.39. The molecule has 2 aliphatic carbocycles. The van der Waals surface area contributed by atoms with Crippen LogP contribution in [0.5, 0.6) is 11.5 Å². The summed E-state index contributed by atoms with van der Waals surface area (Å²) in [6.45, 7) is 5.29. The Labute approximate surface area is 128 Å². The number of carbonyl (C=O) groups is 1. The van der Waals surface area contributed by atoms with E-state index in [4.69, 9.17) is 4.74 Å². The quantitative estimate of drug-likeness (QED) is 0.391. The predicted octanol–water partition coefficient (Wildman–Crippen LogP) is 4.17. The molecule has 2 unspecified atom stereocenters. The monoisotopic (exact) mass is 292 g/mol. The highest BCUT2D eigenvalue weighted by Crippen LogP contribution is 2.57. The molecule has 2 aliphatic rings. The van der Waals surface area contributed by atoms with Crippen LogP contribution in [-0.2, 0) is 4.79 Å². The first-order valence-electron chi connectivity index (χ1n) is 7.41. The molecule has 0 amide bonds. The summed E-state index contributed by atoms with van der Waals surface area (Å²) in [7, 11) is 0. The molecule has 0 fully saturated rings. The highest BCUT2D eigenvalue weighted by molar-refractivity contribution is 6.00. The second-order valence-electron chi connectivity index (χ2n) is 6.05. The molecule has 0 aliphatic heterocycles. The normalized spacial score (nSPS) is 21.1. The van der Waals surface area contributed by atoms with Crippen molar-refractivity contribution in [2.75, 3.05) is 0 Å². The maximum absolute atomic E-state index is 12.0. The Morgan fingerprint density at radius 1 is 1.18 bits per heavy atom. The van der Waals surface area contributed by atoms with Crippen molar-refractivity contribution in [1.82, 2.24) is 0 Å². The van der Waals surface area contributed by atoms with Crippen molar-refractivity contribution in [3.8, 4) is 11.5 Å². The van der Waals surface area contributed by atoms with Gasteiger partial charge in [0.05, 0.1) is 0 Å². The van der Waals surface area contributed by atoms with Gasteiger partial charge < -0.3 is 9.84 Å². The average Bonchev–Trinajstić information content (AvgIpc) is 3.12. The number of hydrogen-bond acceptors (Lipinski definition) is 3. The van der Waals surface area contributed by atoms with E-state index in [9.17, 15) is 9.90 Å². The van der Waals surface area contributed by atoms with E-state index < -0.39 is 5.97 Å². The molecule has 0 saturated heterocycles. The molecule has 1 N–H and O–H groups in total. The van der Waals surface area contributed by atoms with Gasteiger partial charge in [0.2, 0.25) is 0 Å². The van der Waals surface area contributed by atoms with Gasteiger partial charge in [0, 0.05) is 39.3 Å². The minimum atomic E-state index is -0.426. The number of phenols is 1. The zero-order valence-electron chi connectivity index (χ0n) is 12.3. The van der Waals surface area contributed by atoms with E-state index in [1.165, 1.54) is 0 Å². The van der Waals surface area contributed by atoms with Crippen molar-refractivity contribution in [2.24, 2.45) is 0 Å². The summed E-state index contributed by atoms with van der Waals surface area (Å²) in [6.07, 6.45) is 5.21. The largest absolute Gasteiger partial charge is 0.507 e. The Balaban J connectivity index is 2.03. The van der Waals surface area contributed by atoms with Gasteiger partial charge in [-0.3, -0.25) is 0 Å². The molecule has 2 aromatic carbocycles. The van der Waals surface area contributed by atoms with Crippen LogP contribution < -0.4 is 4.74 Å². The van der Waals surface area contributed by atoms with Crippen LogP contribution in [0.2, 0.25) is 0 Å². The van der Waals surface area contributed by atoms with Crippen LogP contribution in [0.3, 0.4) is 0 Å². The van der Waals surface area contributed by atoms with Gasteiger partial charge in [0.15, 0.2) is 0 Å². The minimum Gasteiger partial charge on any atom is -0.507 e. The zero-order chi connectivity index (χ0) is 15.4. The van der Waals surface area contributed by atoms with Gasteiger partial charge in [-0.15, -0.1) is 0 Å². The fourth-order valence-electron chi connectivity index (χ4n) is 3.59. The van der Waals surface area contributed by atoms with Crippen LogP contribution in [0.4, 0.5) is 0 Å². The molecule has 3 heteroatoms. The van der Waals surface area contributed by atoms with Gasteiger partial charge in [-0.1, -0.05) is 43.0 Å². The molecule has 2 bridgehead atoms. The first-order chi connectivity index (χ1) is 10.6.